The van der Waals surface area contributed by atoms with Gasteiger partial charge in [-0.25, -0.2) is 17.5 Å². The number of carbonyl (C=O) groups excluding carboxylic acids is 2. The number of anilines is 1. The summed E-state index contributed by atoms with van der Waals surface area (Å²) in [7, 11) is -0.672. The minimum Gasteiger partial charge on any atom is -0.491 e. The number of rotatable bonds is 8. The maximum absolute atomic E-state index is 12.0. The van der Waals surface area contributed by atoms with Gasteiger partial charge in [0.15, 0.2) is 6.61 Å². The zero-order valence-corrected chi connectivity index (χ0v) is 17.5. The molecule has 0 atom stereocenters. The zero-order chi connectivity index (χ0) is 21.6. The molecule has 0 saturated heterocycles. The first-order chi connectivity index (χ1) is 13.6. The predicted octanol–water partition coefficient (Wildman–Crippen LogP) is 2.52. The number of benzene rings is 2. The Morgan fingerprint density at radius 2 is 1.59 bits per heavy atom. The highest BCUT2D eigenvalue weighted by atomic mass is 32.2. The number of carbonyl (C=O) groups is 2. The van der Waals surface area contributed by atoms with Crippen LogP contribution in [0, 0.1) is 0 Å². The van der Waals surface area contributed by atoms with Crippen molar-refractivity contribution in [1.29, 1.82) is 0 Å². The van der Waals surface area contributed by atoms with Gasteiger partial charge in [0.05, 0.1) is 16.6 Å². The molecule has 0 unspecified atom stereocenters. The van der Waals surface area contributed by atoms with Crippen molar-refractivity contribution in [3.8, 4) is 5.75 Å². The van der Waals surface area contributed by atoms with Gasteiger partial charge in [0.2, 0.25) is 10.0 Å². The molecule has 8 nitrogen and oxygen atoms in total. The number of esters is 1. The van der Waals surface area contributed by atoms with Crippen molar-refractivity contribution in [2.24, 2.45) is 0 Å². The molecule has 0 aliphatic heterocycles. The van der Waals surface area contributed by atoms with E-state index in [0.717, 1.165) is 4.31 Å². The molecule has 0 bridgehead atoms. The van der Waals surface area contributed by atoms with E-state index in [9.17, 15) is 18.0 Å². The van der Waals surface area contributed by atoms with E-state index < -0.39 is 28.5 Å². The Balaban J connectivity index is 1.88. The van der Waals surface area contributed by atoms with Gasteiger partial charge in [0.1, 0.15) is 5.75 Å². The van der Waals surface area contributed by atoms with Gasteiger partial charge in [-0.3, -0.25) is 4.79 Å². The Bertz CT molecular complexity index is 951. The van der Waals surface area contributed by atoms with Gasteiger partial charge >= 0.3 is 5.97 Å². The Hall–Kier alpha value is -2.91. The van der Waals surface area contributed by atoms with Crippen molar-refractivity contribution < 1.29 is 27.5 Å². The summed E-state index contributed by atoms with van der Waals surface area (Å²) in [4.78, 5) is 24.1. The largest absolute Gasteiger partial charge is 0.491 e. The molecule has 2 rings (SSSR count). The average molecular weight is 420 g/mol. The van der Waals surface area contributed by atoms with Crippen LogP contribution < -0.4 is 10.1 Å². The van der Waals surface area contributed by atoms with Crippen LogP contribution >= 0.6 is 0 Å². The van der Waals surface area contributed by atoms with Gasteiger partial charge in [0, 0.05) is 19.8 Å². The molecule has 2 aromatic carbocycles. The van der Waals surface area contributed by atoms with Crippen LogP contribution in [0.1, 0.15) is 24.2 Å². The van der Waals surface area contributed by atoms with Gasteiger partial charge in [-0.2, -0.15) is 0 Å². The minimum atomic E-state index is -3.54. The van der Waals surface area contributed by atoms with E-state index in [-0.39, 0.29) is 11.0 Å². The van der Waals surface area contributed by atoms with Crippen LogP contribution in [0.15, 0.2) is 53.4 Å². The molecule has 0 aliphatic rings. The highest BCUT2D eigenvalue weighted by molar-refractivity contribution is 7.89. The van der Waals surface area contributed by atoms with Gasteiger partial charge in [-0.15, -0.1) is 0 Å². The highest BCUT2D eigenvalue weighted by Gasteiger charge is 2.17. The standard InChI is InChI=1S/C20H24N2O6S/c1-14(2)28-17-9-5-15(6-10-17)20(24)27-13-19(23)21-16-7-11-18(12-8-16)29(25,26)22(3)4/h5-12,14H,13H2,1-4H3,(H,21,23). The van der Waals surface area contributed by atoms with Crippen molar-refractivity contribution in [2.45, 2.75) is 24.8 Å². The van der Waals surface area contributed by atoms with Crippen LogP contribution in [0.2, 0.25) is 0 Å². The first-order valence-corrected chi connectivity index (χ1v) is 10.3. The summed E-state index contributed by atoms with van der Waals surface area (Å²) < 4.78 is 35.6. The van der Waals surface area contributed by atoms with E-state index >= 15 is 0 Å². The predicted molar refractivity (Wildman–Crippen MR) is 108 cm³/mol. The maximum Gasteiger partial charge on any atom is 0.338 e. The summed E-state index contributed by atoms with van der Waals surface area (Å²) in [5.74, 6) is -0.543. The van der Waals surface area contributed by atoms with Crippen molar-refractivity contribution in [3.63, 3.8) is 0 Å². The molecule has 1 N–H and O–H groups in total. The van der Waals surface area contributed by atoms with Gasteiger partial charge in [0.25, 0.3) is 5.91 Å². The molecule has 0 saturated carbocycles. The lowest BCUT2D eigenvalue weighted by molar-refractivity contribution is -0.119. The Morgan fingerprint density at radius 3 is 2.10 bits per heavy atom. The summed E-state index contributed by atoms with van der Waals surface area (Å²) in [5, 5.41) is 2.54. The quantitative estimate of drug-likeness (QED) is 0.659. The summed E-state index contributed by atoms with van der Waals surface area (Å²) in [5.41, 5.74) is 0.686. The maximum atomic E-state index is 12.0. The van der Waals surface area contributed by atoms with E-state index in [1.54, 1.807) is 24.3 Å². The smallest absolute Gasteiger partial charge is 0.338 e. The summed E-state index contributed by atoms with van der Waals surface area (Å²) in [6.45, 7) is 3.33. The van der Waals surface area contributed by atoms with Crippen molar-refractivity contribution in [3.05, 3.63) is 54.1 Å². The van der Waals surface area contributed by atoms with E-state index in [4.69, 9.17) is 9.47 Å². The second-order valence-electron chi connectivity index (χ2n) is 6.63. The molecule has 0 aliphatic carbocycles. The normalized spacial score (nSPS) is 11.4. The second kappa shape index (κ2) is 9.53. The Labute approximate surface area is 170 Å². The Morgan fingerprint density at radius 1 is 1.00 bits per heavy atom. The molecule has 0 heterocycles. The van der Waals surface area contributed by atoms with Gasteiger partial charge < -0.3 is 14.8 Å². The van der Waals surface area contributed by atoms with Crippen LogP contribution in [0.25, 0.3) is 0 Å². The van der Waals surface area contributed by atoms with Gasteiger partial charge in [-0.1, -0.05) is 0 Å². The van der Waals surface area contributed by atoms with Crippen molar-refractivity contribution in [1.82, 2.24) is 4.31 Å². The highest BCUT2D eigenvalue weighted by Crippen LogP contribution is 2.17. The molecule has 0 radical (unpaired) electrons. The molecule has 156 valence electrons. The second-order valence-corrected chi connectivity index (χ2v) is 8.78. The van der Waals surface area contributed by atoms with Gasteiger partial charge in [-0.05, 0) is 62.4 Å². The lowest BCUT2D eigenvalue weighted by Crippen LogP contribution is -2.22. The first-order valence-electron chi connectivity index (χ1n) is 8.86. The Kier molecular flexibility index (Phi) is 7.35. The zero-order valence-electron chi connectivity index (χ0n) is 16.7. The lowest BCUT2D eigenvalue weighted by Gasteiger charge is -2.12. The fraction of sp³-hybridized carbons (Fsp3) is 0.300. The number of hydrogen-bond acceptors (Lipinski definition) is 6. The summed E-state index contributed by atoms with van der Waals surface area (Å²) in [6.07, 6.45) is 0.0218. The molecule has 0 fully saturated rings. The molecular formula is C20H24N2O6S. The van der Waals surface area contributed by atoms with Crippen LogP contribution in [0.5, 0.6) is 5.75 Å². The van der Waals surface area contributed by atoms with Crippen LogP contribution in [0.4, 0.5) is 5.69 Å². The molecule has 29 heavy (non-hydrogen) atoms. The number of nitrogens with one attached hydrogen (secondary N) is 1. The third kappa shape index (κ3) is 6.30. The van der Waals surface area contributed by atoms with E-state index in [2.05, 4.69) is 5.32 Å². The molecule has 2 aromatic rings. The number of ether oxygens (including phenoxy) is 2. The first kappa shape index (κ1) is 22.4. The molecular weight excluding hydrogens is 396 g/mol. The van der Waals surface area contributed by atoms with E-state index in [1.165, 1.54) is 38.4 Å². The SMILES string of the molecule is CC(C)Oc1ccc(C(=O)OCC(=O)Nc2ccc(S(=O)(=O)N(C)C)cc2)cc1. The van der Waals surface area contributed by atoms with Crippen molar-refractivity contribution >= 4 is 27.6 Å². The monoisotopic (exact) mass is 420 g/mol. The topological polar surface area (TPSA) is 102 Å². The number of amides is 1. The third-order valence-electron chi connectivity index (χ3n) is 3.71. The molecule has 0 aromatic heterocycles. The third-order valence-corrected chi connectivity index (χ3v) is 5.54. The van der Waals surface area contributed by atoms with E-state index in [1.807, 2.05) is 13.8 Å². The number of hydrogen-bond donors (Lipinski definition) is 1. The number of nitrogens with zero attached hydrogens (tertiary/aromatic N) is 1. The van der Waals surface area contributed by atoms with E-state index in [0.29, 0.717) is 17.0 Å². The lowest BCUT2D eigenvalue weighted by atomic mass is 10.2. The fourth-order valence-corrected chi connectivity index (χ4v) is 3.18. The number of sulfonamides is 1. The molecule has 1 amide bonds. The summed E-state index contributed by atoms with van der Waals surface area (Å²) in [6, 6.07) is 12.1. The van der Waals surface area contributed by atoms with Crippen LogP contribution in [-0.4, -0.2) is 51.4 Å². The average Bonchev–Trinajstić information content (AvgIpc) is 2.66. The molecule has 9 heteroatoms. The van der Waals surface area contributed by atoms with Crippen molar-refractivity contribution in [2.75, 3.05) is 26.0 Å². The van der Waals surface area contributed by atoms with Crippen LogP contribution in [-0.2, 0) is 19.6 Å². The summed E-state index contributed by atoms with van der Waals surface area (Å²) >= 11 is 0. The fourth-order valence-electron chi connectivity index (χ4n) is 2.27. The minimum absolute atomic E-state index is 0.0218. The molecule has 0 spiro atoms. The van der Waals surface area contributed by atoms with Crippen LogP contribution in [0.3, 0.4) is 0 Å².